The van der Waals surface area contributed by atoms with Crippen molar-refractivity contribution in [1.29, 1.82) is 0 Å². The molecule has 1 saturated carbocycles. The number of aliphatic hydroxyl groups is 1. The van der Waals surface area contributed by atoms with Gasteiger partial charge in [0, 0.05) is 19.4 Å². The van der Waals surface area contributed by atoms with E-state index in [1.165, 1.54) is 13.3 Å². The lowest BCUT2D eigenvalue weighted by atomic mass is 9.72. The van der Waals surface area contributed by atoms with E-state index in [0.29, 0.717) is 6.54 Å². The smallest absolute Gasteiger partial charge is 0.216 e. The van der Waals surface area contributed by atoms with Gasteiger partial charge in [-0.3, -0.25) is 4.79 Å². The van der Waals surface area contributed by atoms with E-state index in [1.54, 1.807) is 7.11 Å². The number of carbonyl (C=O) groups is 1. The molecule has 0 heterocycles. The number of benzene rings is 1. The lowest BCUT2D eigenvalue weighted by Crippen LogP contribution is -2.43. The van der Waals surface area contributed by atoms with Crippen LogP contribution in [0.5, 0.6) is 5.75 Å². The highest BCUT2D eigenvalue weighted by Crippen LogP contribution is 2.40. The Morgan fingerprint density at radius 2 is 1.90 bits per heavy atom. The fourth-order valence-corrected chi connectivity index (χ4v) is 3.21. The van der Waals surface area contributed by atoms with E-state index in [2.05, 4.69) is 5.32 Å². The molecule has 1 fully saturated rings. The summed E-state index contributed by atoms with van der Waals surface area (Å²) in [5.41, 5.74) is 0.323. The van der Waals surface area contributed by atoms with E-state index >= 15 is 0 Å². The van der Waals surface area contributed by atoms with Crippen molar-refractivity contribution < 1.29 is 14.6 Å². The molecular formula is C17H25NO3. The van der Waals surface area contributed by atoms with Gasteiger partial charge in [0.05, 0.1) is 12.7 Å². The summed E-state index contributed by atoms with van der Waals surface area (Å²) in [6.07, 6.45) is 4.86. The third kappa shape index (κ3) is 3.97. The number of hydrogen-bond donors (Lipinski definition) is 2. The van der Waals surface area contributed by atoms with Crippen molar-refractivity contribution in [2.45, 2.75) is 50.5 Å². The van der Waals surface area contributed by atoms with E-state index in [4.69, 9.17) is 4.74 Å². The second-order valence-electron chi connectivity index (χ2n) is 5.93. The summed E-state index contributed by atoms with van der Waals surface area (Å²) in [6, 6.07) is 7.78. The Morgan fingerprint density at radius 1 is 1.29 bits per heavy atom. The summed E-state index contributed by atoms with van der Waals surface area (Å²) in [7, 11) is 1.64. The quantitative estimate of drug-likeness (QED) is 0.876. The summed E-state index contributed by atoms with van der Waals surface area (Å²) in [6.45, 7) is 1.98. The fourth-order valence-electron chi connectivity index (χ4n) is 3.21. The average Bonchev–Trinajstić information content (AvgIpc) is 2.48. The second kappa shape index (κ2) is 6.94. The molecule has 1 aromatic carbocycles. The lowest BCUT2D eigenvalue weighted by Gasteiger charge is -2.39. The van der Waals surface area contributed by atoms with Crippen molar-refractivity contribution in [3.05, 3.63) is 29.8 Å². The Morgan fingerprint density at radius 3 is 2.43 bits per heavy atom. The molecule has 0 aliphatic heterocycles. The molecule has 1 atom stereocenters. The zero-order chi connectivity index (χ0) is 15.3. The van der Waals surface area contributed by atoms with Gasteiger partial charge in [-0.2, -0.15) is 0 Å². The van der Waals surface area contributed by atoms with Crippen LogP contribution in [0.4, 0.5) is 0 Å². The standard InChI is InChI=1S/C17H25NO3/c1-13(19)18-12-16(17(20)10-4-3-5-11-17)14-6-8-15(21-2)9-7-14/h6-9,16,20H,3-5,10-12H2,1-2H3,(H,18,19). The Bertz CT molecular complexity index is 463. The summed E-state index contributed by atoms with van der Waals surface area (Å²) in [4.78, 5) is 11.3. The van der Waals surface area contributed by atoms with Crippen molar-refractivity contribution in [3.8, 4) is 5.75 Å². The second-order valence-corrected chi connectivity index (χ2v) is 5.93. The average molecular weight is 291 g/mol. The summed E-state index contributed by atoms with van der Waals surface area (Å²) in [5.74, 6) is 0.660. The van der Waals surface area contributed by atoms with Gasteiger partial charge in [0.15, 0.2) is 0 Å². The number of rotatable bonds is 5. The third-order valence-corrected chi connectivity index (χ3v) is 4.44. The Hall–Kier alpha value is -1.55. The molecule has 1 aliphatic rings. The van der Waals surface area contributed by atoms with Gasteiger partial charge in [-0.05, 0) is 30.5 Å². The molecule has 0 saturated heterocycles. The lowest BCUT2D eigenvalue weighted by molar-refractivity contribution is -0.119. The molecule has 2 N–H and O–H groups in total. The molecule has 1 amide bonds. The van der Waals surface area contributed by atoms with Crippen LogP contribution in [-0.4, -0.2) is 30.3 Å². The zero-order valence-corrected chi connectivity index (χ0v) is 12.9. The maximum absolute atomic E-state index is 11.3. The first-order valence-corrected chi connectivity index (χ1v) is 7.66. The molecule has 4 heteroatoms. The largest absolute Gasteiger partial charge is 0.497 e. The van der Waals surface area contributed by atoms with E-state index in [0.717, 1.165) is 37.0 Å². The maximum atomic E-state index is 11.3. The van der Waals surface area contributed by atoms with Crippen LogP contribution in [0.15, 0.2) is 24.3 Å². The number of hydrogen-bond acceptors (Lipinski definition) is 3. The first kappa shape index (κ1) is 15.8. The minimum Gasteiger partial charge on any atom is -0.497 e. The number of amides is 1. The molecule has 0 bridgehead atoms. The highest BCUT2D eigenvalue weighted by atomic mass is 16.5. The zero-order valence-electron chi connectivity index (χ0n) is 12.9. The van der Waals surface area contributed by atoms with Gasteiger partial charge in [0.1, 0.15) is 5.75 Å². The van der Waals surface area contributed by atoms with E-state index in [1.807, 2.05) is 24.3 Å². The monoisotopic (exact) mass is 291 g/mol. The van der Waals surface area contributed by atoms with Crippen LogP contribution >= 0.6 is 0 Å². The topological polar surface area (TPSA) is 58.6 Å². The molecule has 1 aromatic rings. The molecule has 0 aromatic heterocycles. The normalized spacial score (nSPS) is 18.8. The van der Waals surface area contributed by atoms with Crippen LogP contribution in [0.25, 0.3) is 0 Å². The van der Waals surface area contributed by atoms with Gasteiger partial charge in [0.2, 0.25) is 5.91 Å². The number of methoxy groups -OCH3 is 1. The van der Waals surface area contributed by atoms with Gasteiger partial charge >= 0.3 is 0 Å². The number of carbonyl (C=O) groups excluding carboxylic acids is 1. The first-order valence-electron chi connectivity index (χ1n) is 7.66. The van der Waals surface area contributed by atoms with Crippen LogP contribution in [0.1, 0.15) is 50.5 Å². The molecule has 1 unspecified atom stereocenters. The highest BCUT2D eigenvalue weighted by Gasteiger charge is 2.38. The predicted molar refractivity (Wildman–Crippen MR) is 82.5 cm³/mol. The van der Waals surface area contributed by atoms with Crippen LogP contribution < -0.4 is 10.1 Å². The SMILES string of the molecule is COc1ccc(C(CNC(C)=O)C2(O)CCCCC2)cc1. The van der Waals surface area contributed by atoms with E-state index in [-0.39, 0.29) is 11.8 Å². The van der Waals surface area contributed by atoms with Crippen molar-refractivity contribution >= 4 is 5.91 Å². The van der Waals surface area contributed by atoms with Crippen molar-refractivity contribution in [3.63, 3.8) is 0 Å². The van der Waals surface area contributed by atoms with Gasteiger partial charge in [0.25, 0.3) is 0 Å². The van der Waals surface area contributed by atoms with Crippen LogP contribution in [0, 0.1) is 0 Å². The Kier molecular flexibility index (Phi) is 5.23. The first-order chi connectivity index (χ1) is 10.0. The summed E-state index contributed by atoms with van der Waals surface area (Å²) >= 11 is 0. The number of ether oxygens (including phenoxy) is 1. The molecule has 0 spiro atoms. The third-order valence-electron chi connectivity index (χ3n) is 4.44. The Balaban J connectivity index is 2.23. The van der Waals surface area contributed by atoms with Crippen LogP contribution in [0.3, 0.4) is 0 Å². The van der Waals surface area contributed by atoms with Crippen LogP contribution in [0.2, 0.25) is 0 Å². The molecule has 21 heavy (non-hydrogen) atoms. The van der Waals surface area contributed by atoms with Crippen molar-refractivity contribution in [2.75, 3.05) is 13.7 Å². The minimum absolute atomic E-state index is 0.0621. The minimum atomic E-state index is -0.727. The predicted octanol–water partition coefficient (Wildman–Crippen LogP) is 2.61. The molecule has 2 rings (SSSR count). The summed E-state index contributed by atoms with van der Waals surface area (Å²) < 4.78 is 5.19. The number of nitrogens with one attached hydrogen (secondary N) is 1. The van der Waals surface area contributed by atoms with Gasteiger partial charge < -0.3 is 15.2 Å². The molecule has 0 radical (unpaired) electrons. The van der Waals surface area contributed by atoms with Gasteiger partial charge in [-0.1, -0.05) is 31.4 Å². The van der Waals surface area contributed by atoms with Crippen molar-refractivity contribution in [1.82, 2.24) is 5.32 Å². The molecule has 116 valence electrons. The molecular weight excluding hydrogens is 266 g/mol. The van der Waals surface area contributed by atoms with E-state index < -0.39 is 5.60 Å². The molecule has 1 aliphatic carbocycles. The molecule has 4 nitrogen and oxygen atoms in total. The fraction of sp³-hybridized carbons (Fsp3) is 0.588. The highest BCUT2D eigenvalue weighted by molar-refractivity contribution is 5.72. The van der Waals surface area contributed by atoms with Crippen molar-refractivity contribution in [2.24, 2.45) is 0 Å². The summed E-state index contributed by atoms with van der Waals surface area (Å²) in [5, 5.41) is 13.9. The maximum Gasteiger partial charge on any atom is 0.216 e. The van der Waals surface area contributed by atoms with E-state index in [9.17, 15) is 9.90 Å². The van der Waals surface area contributed by atoms with Gasteiger partial charge in [-0.15, -0.1) is 0 Å². The van der Waals surface area contributed by atoms with Crippen LogP contribution in [-0.2, 0) is 4.79 Å². The Labute approximate surface area is 126 Å². The van der Waals surface area contributed by atoms with Gasteiger partial charge in [-0.25, -0.2) is 0 Å².